The Morgan fingerprint density at radius 1 is 1.42 bits per heavy atom. The van der Waals surface area contributed by atoms with E-state index in [-0.39, 0.29) is 6.54 Å². The van der Waals surface area contributed by atoms with Gasteiger partial charge in [-0.25, -0.2) is 8.78 Å². The molecule has 6 heteroatoms. The predicted molar refractivity (Wildman–Crippen MR) is 65.4 cm³/mol. The molecule has 0 aliphatic carbocycles. The van der Waals surface area contributed by atoms with Gasteiger partial charge in [0.1, 0.15) is 24.1 Å². The Balaban J connectivity index is 2.04. The van der Waals surface area contributed by atoms with Crippen LogP contribution in [0.15, 0.2) is 24.3 Å². The molecule has 0 bridgehead atoms. The lowest BCUT2D eigenvalue weighted by Crippen LogP contribution is -2.46. The molecule has 1 aliphatic rings. The Morgan fingerprint density at radius 3 is 2.58 bits per heavy atom. The Labute approximate surface area is 109 Å². The van der Waals surface area contributed by atoms with Gasteiger partial charge < -0.3 is 15.7 Å². The Kier molecular flexibility index (Phi) is 4.11. The van der Waals surface area contributed by atoms with Gasteiger partial charge in [-0.05, 0) is 24.1 Å². The van der Waals surface area contributed by atoms with Gasteiger partial charge in [-0.1, -0.05) is 12.1 Å². The van der Waals surface area contributed by atoms with Gasteiger partial charge in [0.25, 0.3) is 0 Å². The topological polar surface area (TPSA) is 66.6 Å². The lowest BCUT2D eigenvalue weighted by molar-refractivity contribution is -0.134. The molecule has 0 spiro atoms. The van der Waals surface area contributed by atoms with E-state index in [4.69, 9.17) is 5.73 Å². The summed E-state index contributed by atoms with van der Waals surface area (Å²) in [7, 11) is 0. The van der Waals surface area contributed by atoms with Crippen molar-refractivity contribution in [3.63, 3.8) is 0 Å². The summed E-state index contributed by atoms with van der Waals surface area (Å²) in [5.41, 5.74) is 6.06. The molecule has 104 valence electrons. The number of benzene rings is 1. The van der Waals surface area contributed by atoms with Crippen molar-refractivity contribution in [2.75, 3.05) is 13.1 Å². The monoisotopic (exact) mass is 270 g/mol. The van der Waals surface area contributed by atoms with Crippen LogP contribution in [0.3, 0.4) is 0 Å². The Morgan fingerprint density at radius 2 is 2.05 bits per heavy atom. The van der Waals surface area contributed by atoms with Gasteiger partial charge in [0.05, 0.1) is 6.54 Å². The molecule has 1 heterocycles. The normalized spacial score (nSPS) is 22.3. The Bertz CT molecular complexity index is 452. The number of alkyl halides is 1. The SMILES string of the molecule is N[C@H](C(=O)N1CCC(F)C1)[C@H](O)c1ccc(F)cc1. The summed E-state index contributed by atoms with van der Waals surface area (Å²) in [5, 5.41) is 9.99. The highest BCUT2D eigenvalue weighted by Crippen LogP contribution is 2.20. The van der Waals surface area contributed by atoms with Crippen LogP contribution in [0.25, 0.3) is 0 Å². The van der Waals surface area contributed by atoms with E-state index in [1.807, 2.05) is 0 Å². The standard InChI is InChI=1S/C13H16F2N2O2/c14-9-3-1-8(2-4-9)12(18)11(16)13(19)17-6-5-10(15)7-17/h1-4,10-12,18H,5-7,16H2/t10?,11-,12+/m0/s1. The van der Waals surface area contributed by atoms with Crippen molar-refractivity contribution < 1.29 is 18.7 Å². The van der Waals surface area contributed by atoms with Crippen molar-refractivity contribution in [1.29, 1.82) is 0 Å². The van der Waals surface area contributed by atoms with Crippen LogP contribution in [0.5, 0.6) is 0 Å². The van der Waals surface area contributed by atoms with Gasteiger partial charge in [0, 0.05) is 6.54 Å². The third-order valence-corrected chi connectivity index (χ3v) is 3.28. The maximum atomic E-state index is 13.0. The lowest BCUT2D eigenvalue weighted by Gasteiger charge is -2.24. The van der Waals surface area contributed by atoms with E-state index < -0.39 is 30.0 Å². The highest BCUT2D eigenvalue weighted by Gasteiger charge is 2.32. The number of likely N-dealkylation sites (tertiary alicyclic amines) is 1. The quantitative estimate of drug-likeness (QED) is 0.852. The summed E-state index contributed by atoms with van der Waals surface area (Å²) in [6, 6.07) is 3.94. The summed E-state index contributed by atoms with van der Waals surface area (Å²) >= 11 is 0. The van der Waals surface area contributed by atoms with Gasteiger partial charge in [-0.15, -0.1) is 0 Å². The Hall–Kier alpha value is -1.53. The van der Waals surface area contributed by atoms with E-state index in [0.29, 0.717) is 18.5 Å². The van der Waals surface area contributed by atoms with Crippen molar-refractivity contribution >= 4 is 5.91 Å². The first-order valence-electron chi connectivity index (χ1n) is 6.11. The van der Waals surface area contributed by atoms with Gasteiger partial charge in [-0.3, -0.25) is 4.79 Å². The zero-order valence-electron chi connectivity index (χ0n) is 10.3. The third-order valence-electron chi connectivity index (χ3n) is 3.28. The second-order valence-electron chi connectivity index (χ2n) is 4.69. The zero-order valence-corrected chi connectivity index (χ0v) is 10.3. The molecule has 0 saturated carbocycles. The molecule has 2 rings (SSSR count). The molecule has 1 saturated heterocycles. The molecule has 1 aromatic rings. The molecule has 1 unspecified atom stereocenters. The molecule has 1 amide bonds. The van der Waals surface area contributed by atoms with Crippen LogP contribution in [0.1, 0.15) is 18.1 Å². The minimum absolute atomic E-state index is 0.0165. The molecular formula is C13H16F2N2O2. The first-order chi connectivity index (χ1) is 8.99. The summed E-state index contributed by atoms with van der Waals surface area (Å²) in [4.78, 5) is 13.3. The fourth-order valence-corrected chi connectivity index (χ4v) is 2.13. The molecule has 19 heavy (non-hydrogen) atoms. The number of aliphatic hydroxyl groups is 1. The molecule has 1 fully saturated rings. The van der Waals surface area contributed by atoms with E-state index in [1.54, 1.807) is 0 Å². The number of nitrogens with two attached hydrogens (primary N) is 1. The van der Waals surface area contributed by atoms with E-state index in [1.165, 1.54) is 29.2 Å². The molecule has 4 nitrogen and oxygen atoms in total. The fourth-order valence-electron chi connectivity index (χ4n) is 2.13. The van der Waals surface area contributed by atoms with Gasteiger partial charge in [-0.2, -0.15) is 0 Å². The number of halogens is 2. The van der Waals surface area contributed by atoms with Crippen LogP contribution >= 0.6 is 0 Å². The number of carbonyl (C=O) groups excluding carboxylic acids is 1. The number of amides is 1. The second kappa shape index (κ2) is 5.63. The number of carbonyl (C=O) groups is 1. The molecule has 1 aliphatic heterocycles. The van der Waals surface area contributed by atoms with Gasteiger partial charge in [0.15, 0.2) is 0 Å². The molecule has 3 atom stereocenters. The number of nitrogens with zero attached hydrogens (tertiary/aromatic N) is 1. The van der Waals surface area contributed by atoms with Crippen LogP contribution in [0.4, 0.5) is 8.78 Å². The average molecular weight is 270 g/mol. The van der Waals surface area contributed by atoms with Crippen molar-refractivity contribution in [2.24, 2.45) is 5.73 Å². The zero-order chi connectivity index (χ0) is 14.0. The van der Waals surface area contributed by atoms with Crippen LogP contribution in [-0.4, -0.2) is 41.2 Å². The first kappa shape index (κ1) is 13.9. The average Bonchev–Trinajstić information content (AvgIpc) is 2.84. The highest BCUT2D eigenvalue weighted by atomic mass is 19.1. The first-order valence-corrected chi connectivity index (χ1v) is 6.11. The maximum absolute atomic E-state index is 13.0. The highest BCUT2D eigenvalue weighted by molar-refractivity contribution is 5.82. The smallest absolute Gasteiger partial charge is 0.242 e. The van der Waals surface area contributed by atoms with E-state index in [0.717, 1.165) is 0 Å². The molecular weight excluding hydrogens is 254 g/mol. The molecule has 3 N–H and O–H groups in total. The van der Waals surface area contributed by atoms with E-state index >= 15 is 0 Å². The minimum atomic E-state index is -1.23. The third kappa shape index (κ3) is 3.08. The van der Waals surface area contributed by atoms with Crippen molar-refractivity contribution in [3.8, 4) is 0 Å². The molecule has 0 radical (unpaired) electrons. The minimum Gasteiger partial charge on any atom is -0.386 e. The summed E-state index contributed by atoms with van der Waals surface area (Å²) in [6.45, 7) is 0.326. The van der Waals surface area contributed by atoms with Gasteiger partial charge >= 0.3 is 0 Å². The van der Waals surface area contributed by atoms with Crippen molar-refractivity contribution in [2.45, 2.75) is 24.7 Å². The van der Waals surface area contributed by atoms with E-state index in [9.17, 15) is 18.7 Å². The summed E-state index contributed by atoms with van der Waals surface area (Å²) in [5.74, 6) is -0.923. The maximum Gasteiger partial charge on any atom is 0.242 e. The van der Waals surface area contributed by atoms with Crippen LogP contribution < -0.4 is 5.73 Å². The molecule has 1 aromatic carbocycles. The largest absolute Gasteiger partial charge is 0.386 e. The number of hydrogen-bond donors (Lipinski definition) is 2. The summed E-state index contributed by atoms with van der Waals surface area (Å²) < 4.78 is 25.8. The van der Waals surface area contributed by atoms with Crippen molar-refractivity contribution in [3.05, 3.63) is 35.6 Å². The fraction of sp³-hybridized carbons (Fsp3) is 0.462. The van der Waals surface area contributed by atoms with E-state index in [2.05, 4.69) is 0 Å². The van der Waals surface area contributed by atoms with Crippen LogP contribution in [0.2, 0.25) is 0 Å². The lowest BCUT2D eigenvalue weighted by atomic mass is 10.0. The number of aliphatic hydroxyl groups excluding tert-OH is 1. The second-order valence-corrected chi connectivity index (χ2v) is 4.69. The molecule has 0 aromatic heterocycles. The predicted octanol–water partition coefficient (Wildman–Crippen LogP) is 0.757. The number of hydrogen-bond acceptors (Lipinski definition) is 3. The summed E-state index contributed by atoms with van der Waals surface area (Å²) in [6.07, 6.45) is -1.96. The van der Waals surface area contributed by atoms with Gasteiger partial charge in [0.2, 0.25) is 5.91 Å². The van der Waals surface area contributed by atoms with Crippen molar-refractivity contribution in [1.82, 2.24) is 4.90 Å². The number of rotatable bonds is 3. The van der Waals surface area contributed by atoms with Crippen LogP contribution in [0, 0.1) is 5.82 Å². The van der Waals surface area contributed by atoms with Crippen LogP contribution in [-0.2, 0) is 4.79 Å².